The van der Waals surface area contributed by atoms with E-state index in [1.807, 2.05) is 0 Å². The number of likely N-dealkylation sites (N-methyl/N-ethyl adjacent to an activating group) is 1. The first-order chi connectivity index (χ1) is 33.0. The molecule has 2 aliphatic rings. The maximum atomic E-state index is 14.3. The fraction of sp³-hybridized carbons (Fsp3) is 0.479. The zero-order valence-electron chi connectivity index (χ0n) is 39.5. The van der Waals surface area contributed by atoms with Crippen LogP contribution in [0.3, 0.4) is 0 Å². The van der Waals surface area contributed by atoms with Crippen LogP contribution in [0.5, 0.6) is 0 Å². The first-order valence-corrected chi connectivity index (χ1v) is 23.1. The van der Waals surface area contributed by atoms with E-state index in [0.29, 0.717) is 24.9 Å². The second-order valence-corrected chi connectivity index (χ2v) is 17.8. The van der Waals surface area contributed by atoms with Crippen molar-refractivity contribution in [3.63, 3.8) is 0 Å². The number of carbonyl (C=O) groups is 9. The highest BCUT2D eigenvalue weighted by Gasteiger charge is 2.44. The molecule has 1 saturated carbocycles. The lowest BCUT2D eigenvalue weighted by Gasteiger charge is -2.32. The molecule has 1 aliphatic carbocycles. The van der Waals surface area contributed by atoms with Gasteiger partial charge in [0.25, 0.3) is 11.8 Å². The van der Waals surface area contributed by atoms with Crippen molar-refractivity contribution in [1.82, 2.24) is 51.7 Å². The third kappa shape index (κ3) is 14.8. The van der Waals surface area contributed by atoms with E-state index >= 15 is 0 Å². The molecule has 6 atom stereocenters. The summed E-state index contributed by atoms with van der Waals surface area (Å²) in [5, 5.41) is 18.7. The molecule has 9 amide bonds. The van der Waals surface area contributed by atoms with Crippen LogP contribution in [-0.2, 0) is 33.6 Å². The van der Waals surface area contributed by atoms with Gasteiger partial charge in [0.1, 0.15) is 29.6 Å². The van der Waals surface area contributed by atoms with Crippen molar-refractivity contribution in [3.8, 4) is 0 Å². The number of amides is 9. The fourth-order valence-electron chi connectivity index (χ4n) is 8.31. The number of Topliss-reactive ketones (excluding diaryl/α,β-unsaturated/α-hetero) is 1. The van der Waals surface area contributed by atoms with Gasteiger partial charge in [0.15, 0.2) is 0 Å². The predicted molar refractivity (Wildman–Crippen MR) is 250 cm³/mol. The minimum Gasteiger partial charge on any atom is -0.349 e. The number of benzene rings is 2. The van der Waals surface area contributed by atoms with Gasteiger partial charge >= 0.3 is 6.03 Å². The van der Waals surface area contributed by atoms with Crippen molar-refractivity contribution in [2.24, 2.45) is 17.8 Å². The summed E-state index contributed by atoms with van der Waals surface area (Å²) in [7, 11) is 2.94. The number of hydrogen-bond donors (Lipinski definition) is 7. The van der Waals surface area contributed by atoms with E-state index in [9.17, 15) is 47.5 Å². The highest BCUT2D eigenvalue weighted by Crippen LogP contribution is 2.28. The summed E-state index contributed by atoms with van der Waals surface area (Å²) in [6, 6.07) is 7.10. The number of nitrogens with one attached hydrogen (secondary N) is 7. The summed E-state index contributed by atoms with van der Waals surface area (Å²) in [4.78, 5) is 133. The van der Waals surface area contributed by atoms with E-state index in [1.54, 1.807) is 51.1 Å². The highest BCUT2D eigenvalue weighted by atomic mass is 19.1. The number of nitrogens with zero attached hydrogens (tertiary/aromatic N) is 4. The number of ketones is 1. The van der Waals surface area contributed by atoms with Gasteiger partial charge in [0.2, 0.25) is 35.3 Å². The van der Waals surface area contributed by atoms with E-state index in [1.165, 1.54) is 54.6 Å². The summed E-state index contributed by atoms with van der Waals surface area (Å²) in [5.74, 6) is -8.65. The molecule has 1 saturated heterocycles. The quantitative estimate of drug-likeness (QED) is 0.0806. The van der Waals surface area contributed by atoms with Gasteiger partial charge in [-0.15, -0.1) is 0 Å². The Bertz CT molecular complexity index is 2300. The van der Waals surface area contributed by atoms with Gasteiger partial charge < -0.3 is 47.0 Å². The highest BCUT2D eigenvalue weighted by molar-refractivity contribution is 6.38. The summed E-state index contributed by atoms with van der Waals surface area (Å²) in [6.07, 6.45) is 8.46. The summed E-state index contributed by atoms with van der Waals surface area (Å²) >= 11 is 0. The largest absolute Gasteiger partial charge is 0.349 e. The molecule has 0 radical (unpaired) electrons. The molecule has 20 nitrogen and oxygen atoms in total. The van der Waals surface area contributed by atoms with Crippen molar-refractivity contribution in [2.45, 2.75) is 95.9 Å². The predicted octanol–water partition coefficient (Wildman–Crippen LogP) is 2.00. The van der Waals surface area contributed by atoms with Crippen LogP contribution in [0.4, 0.5) is 14.9 Å². The van der Waals surface area contributed by atoms with Gasteiger partial charge in [-0.1, -0.05) is 76.8 Å². The molecule has 1 unspecified atom stereocenters. The lowest BCUT2D eigenvalue weighted by molar-refractivity contribution is -0.141. The lowest BCUT2D eigenvalue weighted by atomic mass is 9.83. The Morgan fingerprint density at radius 3 is 2.14 bits per heavy atom. The molecular weight excluding hydrogens is 894 g/mol. The molecule has 2 fully saturated rings. The Labute approximate surface area is 400 Å². The Hall–Kier alpha value is -7.32. The van der Waals surface area contributed by atoms with E-state index < -0.39 is 108 Å². The van der Waals surface area contributed by atoms with E-state index in [-0.39, 0.29) is 36.7 Å². The number of hydrogen-bond acceptors (Lipinski definition) is 11. The molecular formula is C48H62FN11O9. The van der Waals surface area contributed by atoms with Crippen molar-refractivity contribution >= 4 is 58.9 Å². The summed E-state index contributed by atoms with van der Waals surface area (Å²) in [6.45, 7) is 4.08. The van der Waals surface area contributed by atoms with Crippen LogP contribution in [0, 0.1) is 23.6 Å². The third-order valence-corrected chi connectivity index (χ3v) is 12.1. The number of carbonyl (C=O) groups excluding carboxylic acids is 9. The number of rotatable bonds is 20. The molecule has 0 bridgehead atoms. The van der Waals surface area contributed by atoms with Crippen molar-refractivity contribution in [1.29, 1.82) is 0 Å². The Kier molecular flexibility index (Phi) is 19.2. The lowest BCUT2D eigenvalue weighted by Crippen LogP contribution is -2.59. The average molecular weight is 956 g/mol. The molecule has 3 aromatic rings. The zero-order chi connectivity index (χ0) is 50.2. The average Bonchev–Trinajstić information content (AvgIpc) is 3.77. The summed E-state index contributed by atoms with van der Waals surface area (Å²) in [5.41, 5.74) is 0.776. The maximum absolute atomic E-state index is 14.3. The van der Waals surface area contributed by atoms with Crippen LogP contribution in [0.1, 0.15) is 87.8 Å². The van der Waals surface area contributed by atoms with Crippen LogP contribution in [-0.4, -0.2) is 131 Å². The van der Waals surface area contributed by atoms with E-state index in [2.05, 4.69) is 47.2 Å². The molecule has 0 spiro atoms. The first-order valence-electron chi connectivity index (χ1n) is 23.1. The number of anilines is 1. The molecule has 370 valence electrons. The SMILES string of the molecule is CCC[C@H](NC(=O)[C@@H]1CN(C(=O)Nc2ccccc2)C[C@@H]1NC(=O)[C@@H](NC(=O)[C@@H](NC(=O)c1cnccn1)C1CCCCC1)C(C)C)C(=O)C(=O)NCC(=O)NC(C(=O)N(C)C)c1ccc(F)cc1. The van der Waals surface area contributed by atoms with Crippen LogP contribution < -0.4 is 37.2 Å². The zero-order valence-corrected chi connectivity index (χ0v) is 39.5. The van der Waals surface area contributed by atoms with Gasteiger partial charge in [0, 0.05) is 45.3 Å². The number of aromatic nitrogens is 2. The minimum atomic E-state index is -1.38. The Balaban J connectivity index is 1.30. The van der Waals surface area contributed by atoms with Gasteiger partial charge in [-0.2, -0.15) is 0 Å². The number of urea groups is 1. The minimum absolute atomic E-state index is 0.00707. The maximum Gasteiger partial charge on any atom is 0.321 e. The molecule has 2 heterocycles. The second kappa shape index (κ2) is 25.2. The topological polar surface area (TPSA) is 270 Å². The fourth-order valence-corrected chi connectivity index (χ4v) is 8.31. The van der Waals surface area contributed by atoms with Gasteiger partial charge in [0.05, 0.1) is 30.7 Å². The number of halogens is 1. The van der Waals surface area contributed by atoms with Gasteiger partial charge in [-0.3, -0.25) is 43.3 Å². The Morgan fingerprint density at radius 1 is 0.826 bits per heavy atom. The van der Waals surface area contributed by atoms with Crippen molar-refractivity contribution in [2.75, 3.05) is 39.0 Å². The number of para-hydroxylation sites is 1. The van der Waals surface area contributed by atoms with E-state index in [4.69, 9.17) is 0 Å². The van der Waals surface area contributed by atoms with Crippen LogP contribution in [0.25, 0.3) is 0 Å². The molecule has 69 heavy (non-hydrogen) atoms. The standard InChI is InChI=1S/C48H62FN11O9/c1-6-13-34(41(62)46(67)52-25-37(61)56-40(47(68)59(4)5)30-18-20-31(49)21-19-30)54-42(63)33-26-60(48(69)53-32-16-11-8-12-17-32)27-36(33)55-44(65)38(28(2)3)57-45(66)39(29-14-9-7-10-15-29)58-43(64)35-24-50-22-23-51-35/h8,11-12,16-24,28-29,33-34,36,38-40H,6-7,9-10,13-15,25-27H2,1-5H3,(H,52,67)(H,53,69)(H,54,63)(H,55,65)(H,56,61)(H,57,66)(H,58,64)/t33-,34+,36+,38+,39+,40?/m1/s1. The Morgan fingerprint density at radius 2 is 1.52 bits per heavy atom. The molecule has 7 N–H and O–H groups in total. The van der Waals surface area contributed by atoms with Crippen LogP contribution in [0.15, 0.2) is 73.2 Å². The second-order valence-electron chi connectivity index (χ2n) is 17.8. The number of likely N-dealkylation sites (tertiary alicyclic amines) is 1. The third-order valence-electron chi connectivity index (χ3n) is 12.1. The molecule has 1 aliphatic heterocycles. The van der Waals surface area contributed by atoms with E-state index in [0.717, 1.165) is 31.4 Å². The normalized spacial score (nSPS) is 17.5. The molecule has 2 aromatic carbocycles. The monoisotopic (exact) mass is 955 g/mol. The molecule has 1 aromatic heterocycles. The summed E-state index contributed by atoms with van der Waals surface area (Å²) < 4.78 is 13.6. The molecule has 21 heteroatoms. The smallest absolute Gasteiger partial charge is 0.321 e. The van der Waals surface area contributed by atoms with Crippen molar-refractivity contribution < 1.29 is 47.5 Å². The first kappa shape index (κ1) is 52.6. The van der Waals surface area contributed by atoms with Gasteiger partial charge in [-0.25, -0.2) is 14.2 Å². The van der Waals surface area contributed by atoms with Crippen molar-refractivity contribution in [3.05, 3.63) is 90.3 Å². The van der Waals surface area contributed by atoms with Gasteiger partial charge in [-0.05, 0) is 60.9 Å². The van der Waals surface area contributed by atoms with Crippen LogP contribution in [0.2, 0.25) is 0 Å². The molecule has 5 rings (SSSR count). The van der Waals surface area contributed by atoms with Crippen LogP contribution >= 0.6 is 0 Å².